The van der Waals surface area contributed by atoms with Crippen LogP contribution in [0.25, 0.3) is 0 Å². The fourth-order valence-corrected chi connectivity index (χ4v) is 1.01. The number of rotatable bonds is 7. The van der Waals surface area contributed by atoms with Crippen LogP contribution in [-0.4, -0.2) is 41.0 Å². The fourth-order valence-electron chi connectivity index (χ4n) is 1.01. The zero-order chi connectivity index (χ0) is 14.3. The third-order valence-electron chi connectivity index (χ3n) is 2.06. The molecule has 0 aliphatic rings. The molecule has 1 unspecified atom stereocenters. The van der Waals surface area contributed by atoms with Gasteiger partial charge in [-0.15, -0.1) is 0 Å². The van der Waals surface area contributed by atoms with E-state index < -0.39 is 35.9 Å². The van der Waals surface area contributed by atoms with Gasteiger partial charge in [0.2, 0.25) is 11.8 Å². The first-order valence-electron chi connectivity index (χ1n) is 5.11. The van der Waals surface area contributed by atoms with Crippen molar-refractivity contribution in [1.82, 2.24) is 10.6 Å². The second-order valence-corrected chi connectivity index (χ2v) is 3.64. The fraction of sp³-hybridized carbons (Fsp3) is 0.556. The summed E-state index contributed by atoms with van der Waals surface area (Å²) in [6.45, 7) is 1.35. The van der Waals surface area contributed by atoms with Crippen molar-refractivity contribution in [3.05, 3.63) is 0 Å². The number of carboxylic acid groups (broad SMARTS) is 1. The average molecular weight is 260 g/mol. The summed E-state index contributed by atoms with van der Waals surface area (Å²) in [6, 6.07) is -3.06. The number of carboxylic acids is 1. The van der Waals surface area contributed by atoms with Crippen LogP contribution in [0.5, 0.6) is 0 Å². The van der Waals surface area contributed by atoms with E-state index in [9.17, 15) is 19.2 Å². The smallest absolute Gasteiger partial charge is 0.326 e. The summed E-state index contributed by atoms with van der Waals surface area (Å²) < 4.78 is 0. The van der Waals surface area contributed by atoms with Gasteiger partial charge in [0.25, 0.3) is 0 Å². The van der Waals surface area contributed by atoms with Crippen molar-refractivity contribution < 1.29 is 24.3 Å². The van der Waals surface area contributed by atoms with Crippen LogP contribution in [-0.2, 0) is 14.4 Å². The number of carbonyl (C=O) groups excluding carboxylic acids is 3. The quantitative estimate of drug-likeness (QED) is 0.352. The zero-order valence-electron chi connectivity index (χ0n) is 9.80. The van der Waals surface area contributed by atoms with Crippen molar-refractivity contribution in [3.63, 3.8) is 0 Å². The van der Waals surface area contributed by atoms with Gasteiger partial charge in [-0.05, 0) is 13.3 Å². The summed E-state index contributed by atoms with van der Waals surface area (Å²) in [5, 5.41) is 13.0. The summed E-state index contributed by atoms with van der Waals surface area (Å²) in [7, 11) is 0. The summed E-state index contributed by atoms with van der Waals surface area (Å²) in [6.07, 6.45) is -0.314. The van der Waals surface area contributed by atoms with Crippen LogP contribution in [0.4, 0.5) is 4.79 Å². The van der Waals surface area contributed by atoms with Crippen molar-refractivity contribution in [2.75, 3.05) is 0 Å². The first-order valence-corrected chi connectivity index (χ1v) is 5.11. The van der Waals surface area contributed by atoms with Gasteiger partial charge in [0.1, 0.15) is 12.1 Å². The van der Waals surface area contributed by atoms with Gasteiger partial charge >= 0.3 is 12.0 Å². The van der Waals surface area contributed by atoms with Gasteiger partial charge < -0.3 is 27.2 Å². The normalized spacial score (nSPS) is 13.2. The minimum atomic E-state index is -1.31. The number of carbonyl (C=O) groups is 4. The molecule has 0 bridgehead atoms. The lowest BCUT2D eigenvalue weighted by molar-refractivity contribution is -0.139. The molecule has 4 amide bonds. The second kappa shape index (κ2) is 7.09. The number of amides is 4. The van der Waals surface area contributed by atoms with Crippen molar-refractivity contribution in [1.29, 1.82) is 0 Å². The molecule has 9 heteroatoms. The lowest BCUT2D eigenvalue weighted by Gasteiger charge is -2.16. The Hall–Kier alpha value is -2.32. The predicted octanol–water partition coefficient (Wildman–Crippen LogP) is -2.12. The highest BCUT2D eigenvalue weighted by Gasteiger charge is 2.21. The SMILES string of the molecule is CC(NC(=O)N[C@H](CCC(N)=O)C(=O)O)C(N)=O. The van der Waals surface area contributed by atoms with Crippen molar-refractivity contribution in [3.8, 4) is 0 Å². The molecule has 0 spiro atoms. The van der Waals surface area contributed by atoms with E-state index in [1.54, 1.807) is 0 Å². The Morgan fingerprint density at radius 3 is 2.11 bits per heavy atom. The number of urea groups is 1. The summed E-state index contributed by atoms with van der Waals surface area (Å²) in [4.78, 5) is 43.3. The van der Waals surface area contributed by atoms with E-state index in [0.717, 1.165) is 0 Å². The van der Waals surface area contributed by atoms with Crippen LogP contribution in [0.1, 0.15) is 19.8 Å². The molecule has 0 aromatic heterocycles. The molecule has 0 aliphatic heterocycles. The van der Waals surface area contributed by atoms with E-state index in [-0.39, 0.29) is 12.8 Å². The first kappa shape index (κ1) is 15.7. The van der Waals surface area contributed by atoms with E-state index in [1.165, 1.54) is 6.92 Å². The van der Waals surface area contributed by atoms with E-state index in [4.69, 9.17) is 16.6 Å². The Kier molecular flexibility index (Phi) is 6.18. The Morgan fingerprint density at radius 1 is 1.17 bits per heavy atom. The molecule has 0 aromatic rings. The van der Waals surface area contributed by atoms with Gasteiger partial charge in [-0.25, -0.2) is 9.59 Å². The van der Waals surface area contributed by atoms with Crippen LogP contribution >= 0.6 is 0 Å². The first-order chi connectivity index (χ1) is 8.23. The third-order valence-corrected chi connectivity index (χ3v) is 2.06. The van der Waals surface area contributed by atoms with Gasteiger partial charge in [-0.1, -0.05) is 0 Å². The molecule has 0 fully saturated rings. The Bertz CT molecular complexity index is 357. The van der Waals surface area contributed by atoms with Crippen molar-refractivity contribution in [2.45, 2.75) is 31.8 Å². The Morgan fingerprint density at radius 2 is 1.72 bits per heavy atom. The summed E-state index contributed by atoms with van der Waals surface area (Å²) in [5.41, 5.74) is 9.79. The largest absolute Gasteiger partial charge is 0.480 e. The topological polar surface area (TPSA) is 165 Å². The minimum Gasteiger partial charge on any atom is -0.480 e. The molecule has 0 aromatic carbocycles. The molecule has 18 heavy (non-hydrogen) atoms. The van der Waals surface area contributed by atoms with Gasteiger partial charge in [-0.3, -0.25) is 9.59 Å². The molecule has 0 heterocycles. The molecule has 7 N–H and O–H groups in total. The molecule has 9 nitrogen and oxygen atoms in total. The molecule has 0 saturated heterocycles. The van der Waals surface area contributed by atoms with Crippen molar-refractivity contribution >= 4 is 23.8 Å². The molecule has 0 radical (unpaired) electrons. The van der Waals surface area contributed by atoms with Crippen LogP contribution in [0.3, 0.4) is 0 Å². The summed E-state index contributed by atoms with van der Waals surface area (Å²) in [5.74, 6) is -2.73. The molecule has 0 saturated carbocycles. The van der Waals surface area contributed by atoms with Crippen LogP contribution in [0.2, 0.25) is 0 Å². The summed E-state index contributed by atoms with van der Waals surface area (Å²) >= 11 is 0. The highest BCUT2D eigenvalue weighted by Crippen LogP contribution is 1.97. The molecular formula is C9H16N4O5. The maximum Gasteiger partial charge on any atom is 0.326 e. The average Bonchev–Trinajstić information content (AvgIpc) is 2.23. The highest BCUT2D eigenvalue weighted by molar-refractivity contribution is 5.87. The van der Waals surface area contributed by atoms with Gasteiger partial charge in [0.15, 0.2) is 0 Å². The number of nitrogens with two attached hydrogens (primary N) is 2. The maximum absolute atomic E-state index is 11.3. The van der Waals surface area contributed by atoms with Crippen molar-refractivity contribution in [2.24, 2.45) is 11.5 Å². The molecule has 0 rings (SSSR count). The van der Waals surface area contributed by atoms with Crippen LogP contribution in [0, 0.1) is 0 Å². The number of aliphatic carboxylic acids is 1. The number of nitrogens with one attached hydrogen (secondary N) is 2. The van der Waals surface area contributed by atoms with E-state index in [1.807, 2.05) is 0 Å². The molecular weight excluding hydrogens is 244 g/mol. The number of primary amides is 2. The lowest BCUT2D eigenvalue weighted by atomic mass is 10.1. The van der Waals surface area contributed by atoms with Gasteiger partial charge in [0, 0.05) is 6.42 Å². The number of hydrogen-bond acceptors (Lipinski definition) is 4. The second-order valence-electron chi connectivity index (χ2n) is 3.64. The molecule has 0 aliphatic carbocycles. The maximum atomic E-state index is 11.3. The minimum absolute atomic E-state index is 0.136. The lowest BCUT2D eigenvalue weighted by Crippen LogP contribution is -2.51. The monoisotopic (exact) mass is 260 g/mol. The van der Waals surface area contributed by atoms with E-state index in [2.05, 4.69) is 10.6 Å². The van der Waals surface area contributed by atoms with E-state index in [0.29, 0.717) is 0 Å². The molecule has 2 atom stereocenters. The highest BCUT2D eigenvalue weighted by atomic mass is 16.4. The van der Waals surface area contributed by atoms with Gasteiger partial charge in [-0.2, -0.15) is 0 Å². The van der Waals surface area contributed by atoms with Gasteiger partial charge in [0.05, 0.1) is 0 Å². The Balaban J connectivity index is 4.32. The third kappa shape index (κ3) is 6.30. The van der Waals surface area contributed by atoms with Crippen LogP contribution in [0.15, 0.2) is 0 Å². The zero-order valence-corrected chi connectivity index (χ0v) is 9.80. The predicted molar refractivity (Wildman–Crippen MR) is 60.2 cm³/mol. The van der Waals surface area contributed by atoms with Crippen LogP contribution < -0.4 is 22.1 Å². The Labute approximate surface area is 103 Å². The number of hydrogen-bond donors (Lipinski definition) is 5. The standard InChI is InChI=1S/C9H16N4O5/c1-4(7(11)15)12-9(18)13-5(8(16)17)2-3-6(10)14/h4-5H,2-3H2,1H3,(H2,10,14)(H2,11,15)(H,16,17)(H2,12,13,18)/t4?,5-/m1/s1. The molecule has 102 valence electrons. The van der Waals surface area contributed by atoms with E-state index >= 15 is 0 Å².